The first-order chi connectivity index (χ1) is 16.4. The Morgan fingerprint density at radius 2 is 1.88 bits per heavy atom. The summed E-state index contributed by atoms with van der Waals surface area (Å²) < 4.78 is 17.4. The average molecular weight is 457 g/mol. The largest absolute Gasteiger partial charge is 0.343 e. The third-order valence-corrected chi connectivity index (χ3v) is 5.98. The standard InChI is InChI=1S/C26H25FN6O/c1-16(2)33-25-19(13-29-33)12-21(17(3)30-25)26(34)31-23(18-8-10-20(27)11-9-18)14-32-15-28-22-6-4-5-7-24(22)32/h4-13,15-16,23H,14H2,1-3H3,(H,31,34). The Morgan fingerprint density at radius 1 is 1.12 bits per heavy atom. The van der Waals surface area contributed by atoms with Crippen molar-refractivity contribution in [3.05, 3.63) is 89.8 Å². The molecule has 0 aliphatic heterocycles. The third-order valence-electron chi connectivity index (χ3n) is 5.98. The van der Waals surface area contributed by atoms with Gasteiger partial charge < -0.3 is 9.88 Å². The van der Waals surface area contributed by atoms with E-state index in [0.717, 1.165) is 27.6 Å². The smallest absolute Gasteiger partial charge is 0.253 e. The van der Waals surface area contributed by atoms with Gasteiger partial charge in [-0.05, 0) is 56.7 Å². The SMILES string of the molecule is Cc1nc2c(cnn2C(C)C)cc1C(=O)NC(Cn1cnc2ccccc21)c1ccc(F)cc1. The number of rotatable bonds is 6. The van der Waals surface area contributed by atoms with Crippen molar-refractivity contribution in [2.24, 2.45) is 0 Å². The van der Waals surface area contributed by atoms with Gasteiger partial charge in [-0.25, -0.2) is 19.0 Å². The molecule has 0 aliphatic carbocycles. The van der Waals surface area contributed by atoms with Gasteiger partial charge in [-0.2, -0.15) is 5.10 Å². The highest BCUT2D eigenvalue weighted by Gasteiger charge is 2.21. The van der Waals surface area contributed by atoms with Gasteiger partial charge in [0.05, 0.1) is 40.9 Å². The number of fused-ring (bicyclic) bond motifs is 2. The van der Waals surface area contributed by atoms with Gasteiger partial charge >= 0.3 is 0 Å². The molecule has 2 aromatic carbocycles. The minimum atomic E-state index is -0.404. The van der Waals surface area contributed by atoms with E-state index in [1.165, 1.54) is 12.1 Å². The first-order valence-corrected chi connectivity index (χ1v) is 11.2. The highest BCUT2D eigenvalue weighted by atomic mass is 19.1. The number of halogens is 1. The van der Waals surface area contributed by atoms with Crippen LogP contribution < -0.4 is 5.32 Å². The van der Waals surface area contributed by atoms with Crippen LogP contribution in [-0.2, 0) is 6.54 Å². The van der Waals surface area contributed by atoms with Gasteiger partial charge in [-0.15, -0.1) is 0 Å². The maximum absolute atomic E-state index is 13.6. The van der Waals surface area contributed by atoms with Gasteiger partial charge in [0, 0.05) is 18.0 Å². The van der Waals surface area contributed by atoms with Crippen LogP contribution in [0.1, 0.15) is 47.5 Å². The monoisotopic (exact) mass is 456 g/mol. The maximum atomic E-state index is 13.6. The number of aryl methyl sites for hydroxylation is 1. The summed E-state index contributed by atoms with van der Waals surface area (Å²) in [6.07, 6.45) is 3.49. The molecule has 3 heterocycles. The molecular formula is C26H25FN6O. The molecule has 5 aromatic rings. The summed E-state index contributed by atoms with van der Waals surface area (Å²) in [7, 11) is 0. The number of carbonyl (C=O) groups is 1. The summed E-state index contributed by atoms with van der Waals surface area (Å²) in [6, 6.07) is 15.6. The summed E-state index contributed by atoms with van der Waals surface area (Å²) in [6.45, 7) is 6.34. The van der Waals surface area contributed by atoms with Crippen molar-refractivity contribution < 1.29 is 9.18 Å². The van der Waals surface area contributed by atoms with E-state index in [-0.39, 0.29) is 17.8 Å². The summed E-state index contributed by atoms with van der Waals surface area (Å²) in [5.41, 5.74) is 4.50. The number of nitrogens with one attached hydrogen (secondary N) is 1. The molecule has 7 nitrogen and oxygen atoms in total. The molecule has 1 atom stereocenters. The number of imidazole rings is 1. The molecule has 172 valence electrons. The van der Waals surface area contributed by atoms with Gasteiger partial charge in [0.25, 0.3) is 5.91 Å². The van der Waals surface area contributed by atoms with Gasteiger partial charge in [0.15, 0.2) is 5.65 Å². The normalized spacial score (nSPS) is 12.5. The van der Waals surface area contributed by atoms with E-state index in [1.807, 2.05) is 60.4 Å². The van der Waals surface area contributed by atoms with E-state index in [1.54, 1.807) is 24.7 Å². The molecule has 0 aliphatic rings. The number of aromatic nitrogens is 5. The van der Waals surface area contributed by atoms with Crippen molar-refractivity contribution in [1.82, 2.24) is 29.6 Å². The molecule has 0 bridgehead atoms. The Labute approximate surface area is 196 Å². The number of benzene rings is 2. The van der Waals surface area contributed by atoms with Crippen LogP contribution in [0.4, 0.5) is 4.39 Å². The van der Waals surface area contributed by atoms with Crippen LogP contribution >= 0.6 is 0 Å². The van der Waals surface area contributed by atoms with Gasteiger partial charge in [0.2, 0.25) is 0 Å². The lowest BCUT2D eigenvalue weighted by Gasteiger charge is -2.21. The molecule has 0 radical (unpaired) electrons. The summed E-state index contributed by atoms with van der Waals surface area (Å²) in [5.74, 6) is -0.572. The van der Waals surface area contributed by atoms with Crippen LogP contribution in [0, 0.1) is 12.7 Å². The lowest BCUT2D eigenvalue weighted by atomic mass is 10.0. The molecule has 1 unspecified atom stereocenters. The van der Waals surface area contributed by atoms with Crippen molar-refractivity contribution in [3.63, 3.8) is 0 Å². The number of para-hydroxylation sites is 2. The zero-order valence-electron chi connectivity index (χ0n) is 19.2. The van der Waals surface area contributed by atoms with Gasteiger partial charge in [0.1, 0.15) is 5.82 Å². The Morgan fingerprint density at radius 3 is 2.65 bits per heavy atom. The fourth-order valence-electron chi connectivity index (χ4n) is 4.19. The number of hydrogen-bond acceptors (Lipinski definition) is 4. The van der Waals surface area contributed by atoms with Gasteiger partial charge in [-0.3, -0.25) is 4.79 Å². The fourth-order valence-corrected chi connectivity index (χ4v) is 4.19. The molecule has 1 N–H and O–H groups in total. The molecule has 34 heavy (non-hydrogen) atoms. The topological polar surface area (TPSA) is 77.6 Å². The van der Waals surface area contributed by atoms with E-state index >= 15 is 0 Å². The fraction of sp³-hybridized carbons (Fsp3) is 0.231. The van der Waals surface area contributed by atoms with E-state index in [4.69, 9.17) is 0 Å². The van der Waals surface area contributed by atoms with Crippen molar-refractivity contribution in [2.75, 3.05) is 0 Å². The molecule has 3 aromatic heterocycles. The Bertz CT molecular complexity index is 1480. The molecule has 8 heteroatoms. The highest BCUT2D eigenvalue weighted by molar-refractivity contribution is 5.98. The summed E-state index contributed by atoms with van der Waals surface area (Å²) in [5, 5.41) is 8.35. The van der Waals surface area contributed by atoms with E-state index in [2.05, 4.69) is 20.4 Å². The summed E-state index contributed by atoms with van der Waals surface area (Å²) >= 11 is 0. The number of nitrogens with zero attached hydrogens (tertiary/aromatic N) is 5. The quantitative estimate of drug-likeness (QED) is 0.391. The molecule has 0 saturated carbocycles. The van der Waals surface area contributed by atoms with Crippen molar-refractivity contribution >= 4 is 28.0 Å². The zero-order valence-corrected chi connectivity index (χ0v) is 19.2. The van der Waals surface area contributed by atoms with Crippen molar-refractivity contribution in [2.45, 2.75) is 39.4 Å². The van der Waals surface area contributed by atoms with E-state index in [0.29, 0.717) is 17.8 Å². The van der Waals surface area contributed by atoms with E-state index in [9.17, 15) is 9.18 Å². The third kappa shape index (κ3) is 4.03. The first-order valence-electron chi connectivity index (χ1n) is 11.2. The Kier molecular flexibility index (Phi) is 5.57. The lowest BCUT2D eigenvalue weighted by Crippen LogP contribution is -2.32. The number of carbonyl (C=O) groups excluding carboxylic acids is 1. The Hall–Kier alpha value is -4.07. The average Bonchev–Trinajstić information content (AvgIpc) is 3.42. The van der Waals surface area contributed by atoms with Crippen LogP contribution in [0.3, 0.4) is 0 Å². The number of amides is 1. The van der Waals surface area contributed by atoms with Crippen LogP contribution in [-0.4, -0.2) is 30.2 Å². The minimum absolute atomic E-state index is 0.164. The zero-order chi connectivity index (χ0) is 23.8. The molecule has 5 rings (SSSR count). The minimum Gasteiger partial charge on any atom is -0.343 e. The van der Waals surface area contributed by atoms with Crippen LogP contribution in [0.25, 0.3) is 22.1 Å². The van der Waals surface area contributed by atoms with Crippen molar-refractivity contribution in [1.29, 1.82) is 0 Å². The first kappa shape index (κ1) is 21.8. The highest BCUT2D eigenvalue weighted by Crippen LogP contribution is 2.23. The number of pyridine rings is 1. The summed E-state index contributed by atoms with van der Waals surface area (Å²) in [4.78, 5) is 22.5. The van der Waals surface area contributed by atoms with E-state index < -0.39 is 6.04 Å². The van der Waals surface area contributed by atoms with Crippen molar-refractivity contribution in [3.8, 4) is 0 Å². The second-order valence-corrected chi connectivity index (χ2v) is 8.68. The van der Waals surface area contributed by atoms with Crippen LogP contribution in [0.15, 0.2) is 67.1 Å². The predicted molar refractivity (Wildman–Crippen MR) is 129 cm³/mol. The maximum Gasteiger partial charge on any atom is 0.253 e. The Balaban J connectivity index is 1.49. The van der Waals surface area contributed by atoms with Crippen LogP contribution in [0.5, 0.6) is 0 Å². The molecular weight excluding hydrogens is 431 g/mol. The second-order valence-electron chi connectivity index (χ2n) is 8.68. The predicted octanol–water partition coefficient (Wildman–Crippen LogP) is 4.98. The number of hydrogen-bond donors (Lipinski definition) is 1. The molecule has 0 saturated heterocycles. The van der Waals surface area contributed by atoms with Gasteiger partial charge in [-0.1, -0.05) is 24.3 Å². The lowest BCUT2D eigenvalue weighted by molar-refractivity contribution is 0.0932. The molecule has 0 fully saturated rings. The molecule has 0 spiro atoms. The second kappa shape index (κ2) is 8.70. The molecule has 1 amide bonds. The van der Waals surface area contributed by atoms with Crippen LogP contribution in [0.2, 0.25) is 0 Å².